The molecule has 0 atom stereocenters. The first kappa shape index (κ1) is 22.4. The number of benzene rings is 1. The Morgan fingerprint density at radius 1 is 1.10 bits per heavy atom. The van der Waals surface area contributed by atoms with Crippen LogP contribution < -0.4 is 10.1 Å². The summed E-state index contributed by atoms with van der Waals surface area (Å²) in [7, 11) is 1.57. The smallest absolute Gasteiger partial charge is 0.348 e. The number of methoxy groups -OCH3 is 1. The SMILES string of the molecule is CCOC(=O)c1c(NC(=O)Cc2ccc(OC)cc2)sc(C(=O)OC(C)C)c1C. The van der Waals surface area contributed by atoms with E-state index >= 15 is 0 Å². The zero-order valence-electron chi connectivity index (χ0n) is 17.2. The Morgan fingerprint density at radius 2 is 1.76 bits per heavy atom. The van der Waals surface area contributed by atoms with Crippen LogP contribution in [0.1, 0.15) is 51.9 Å². The van der Waals surface area contributed by atoms with Gasteiger partial charge in [-0.3, -0.25) is 4.79 Å². The molecule has 1 heterocycles. The number of rotatable bonds is 8. The summed E-state index contributed by atoms with van der Waals surface area (Å²) in [6.45, 7) is 6.99. The van der Waals surface area contributed by atoms with Crippen LogP contribution in [0.3, 0.4) is 0 Å². The predicted molar refractivity (Wildman–Crippen MR) is 111 cm³/mol. The third-order valence-electron chi connectivity index (χ3n) is 3.93. The molecule has 0 saturated heterocycles. The standard InChI is InChI=1S/C21H25NO6S/c1-6-27-20(24)17-13(4)18(21(25)28-12(2)3)29-19(17)22-16(23)11-14-7-9-15(26-5)10-8-14/h7-10,12H,6,11H2,1-5H3,(H,22,23). The number of ether oxygens (including phenoxy) is 3. The molecule has 0 aliphatic rings. The molecule has 0 spiro atoms. The van der Waals surface area contributed by atoms with Gasteiger partial charge in [0.05, 0.1) is 31.8 Å². The van der Waals surface area contributed by atoms with Crippen LogP contribution >= 0.6 is 11.3 Å². The number of carbonyl (C=O) groups is 3. The molecule has 156 valence electrons. The Kier molecular flexibility index (Phi) is 7.78. The minimum absolute atomic E-state index is 0.106. The van der Waals surface area contributed by atoms with Gasteiger partial charge in [0.1, 0.15) is 15.6 Å². The van der Waals surface area contributed by atoms with Crippen molar-refractivity contribution in [1.29, 1.82) is 0 Å². The van der Waals surface area contributed by atoms with E-state index in [1.807, 2.05) is 0 Å². The second-order valence-corrected chi connectivity index (χ2v) is 7.53. The Morgan fingerprint density at radius 3 is 2.31 bits per heavy atom. The fourth-order valence-electron chi connectivity index (χ4n) is 2.61. The first-order valence-corrected chi connectivity index (χ1v) is 10.0. The number of anilines is 1. The van der Waals surface area contributed by atoms with Gasteiger partial charge < -0.3 is 19.5 Å². The highest BCUT2D eigenvalue weighted by molar-refractivity contribution is 7.18. The van der Waals surface area contributed by atoms with Crippen LogP contribution in [0.5, 0.6) is 5.75 Å². The maximum absolute atomic E-state index is 12.5. The molecule has 1 amide bonds. The molecule has 8 heteroatoms. The molecule has 1 N–H and O–H groups in total. The lowest BCUT2D eigenvalue weighted by molar-refractivity contribution is -0.115. The van der Waals surface area contributed by atoms with Crippen LogP contribution in [0.25, 0.3) is 0 Å². The van der Waals surface area contributed by atoms with E-state index in [1.54, 1.807) is 59.1 Å². The summed E-state index contributed by atoms with van der Waals surface area (Å²) >= 11 is 1.01. The van der Waals surface area contributed by atoms with Gasteiger partial charge in [-0.25, -0.2) is 9.59 Å². The number of nitrogens with one attached hydrogen (secondary N) is 1. The van der Waals surface area contributed by atoms with Gasteiger partial charge in [0, 0.05) is 0 Å². The van der Waals surface area contributed by atoms with Crippen molar-refractivity contribution in [1.82, 2.24) is 0 Å². The summed E-state index contributed by atoms with van der Waals surface area (Å²) in [5.41, 5.74) is 1.39. The maximum Gasteiger partial charge on any atom is 0.348 e. The fraction of sp³-hybridized carbons (Fsp3) is 0.381. The zero-order chi connectivity index (χ0) is 21.6. The third kappa shape index (κ3) is 5.80. The van der Waals surface area contributed by atoms with E-state index in [2.05, 4.69) is 5.32 Å². The lowest BCUT2D eigenvalue weighted by Gasteiger charge is -2.08. The van der Waals surface area contributed by atoms with Gasteiger partial charge in [0.2, 0.25) is 5.91 Å². The number of amides is 1. The van der Waals surface area contributed by atoms with Crippen molar-refractivity contribution in [3.63, 3.8) is 0 Å². The molecule has 2 rings (SSSR count). The van der Waals surface area contributed by atoms with Crippen LogP contribution in [-0.4, -0.2) is 37.7 Å². The number of hydrogen-bond donors (Lipinski definition) is 1. The van der Waals surface area contributed by atoms with Crippen LogP contribution in [0.2, 0.25) is 0 Å². The predicted octanol–water partition coefficient (Wildman–Crippen LogP) is 3.99. The van der Waals surface area contributed by atoms with Gasteiger partial charge in [0.15, 0.2) is 0 Å². The number of esters is 2. The summed E-state index contributed by atoms with van der Waals surface area (Å²) in [5.74, 6) is -0.750. The summed E-state index contributed by atoms with van der Waals surface area (Å²) < 4.78 is 15.4. The average molecular weight is 419 g/mol. The van der Waals surface area contributed by atoms with E-state index < -0.39 is 11.9 Å². The molecular formula is C21H25NO6S. The van der Waals surface area contributed by atoms with E-state index in [9.17, 15) is 14.4 Å². The van der Waals surface area contributed by atoms with Gasteiger partial charge in [-0.05, 0) is 51.0 Å². The number of carbonyl (C=O) groups excluding carboxylic acids is 3. The lowest BCUT2D eigenvalue weighted by atomic mass is 10.1. The molecular weight excluding hydrogens is 394 g/mol. The Labute approximate surface area is 174 Å². The van der Waals surface area contributed by atoms with Gasteiger partial charge in [-0.15, -0.1) is 11.3 Å². The van der Waals surface area contributed by atoms with Crippen molar-refractivity contribution < 1.29 is 28.6 Å². The van der Waals surface area contributed by atoms with Crippen molar-refractivity contribution in [3.8, 4) is 5.75 Å². The van der Waals surface area contributed by atoms with Crippen LogP contribution in [0, 0.1) is 6.92 Å². The largest absolute Gasteiger partial charge is 0.497 e. The quantitative estimate of drug-likeness (QED) is 0.651. The highest BCUT2D eigenvalue weighted by Gasteiger charge is 2.27. The molecule has 29 heavy (non-hydrogen) atoms. The summed E-state index contributed by atoms with van der Waals surface area (Å²) in [4.78, 5) is 37.6. The van der Waals surface area contributed by atoms with Gasteiger partial charge >= 0.3 is 11.9 Å². The highest BCUT2D eigenvalue weighted by Crippen LogP contribution is 2.34. The molecule has 1 aromatic heterocycles. The van der Waals surface area contributed by atoms with Gasteiger partial charge in [-0.1, -0.05) is 12.1 Å². The zero-order valence-corrected chi connectivity index (χ0v) is 18.0. The van der Waals surface area contributed by atoms with Crippen molar-refractivity contribution in [2.75, 3.05) is 19.0 Å². The third-order valence-corrected chi connectivity index (χ3v) is 5.12. The average Bonchev–Trinajstić information content (AvgIpc) is 2.98. The highest BCUT2D eigenvalue weighted by atomic mass is 32.1. The Balaban J connectivity index is 2.27. The van der Waals surface area contributed by atoms with E-state index in [0.717, 1.165) is 16.9 Å². The topological polar surface area (TPSA) is 90.9 Å². The molecule has 0 fully saturated rings. The minimum atomic E-state index is -0.593. The molecule has 0 bridgehead atoms. The van der Waals surface area contributed by atoms with Crippen LogP contribution in [-0.2, 0) is 20.7 Å². The summed E-state index contributed by atoms with van der Waals surface area (Å²) in [6.07, 6.45) is -0.197. The van der Waals surface area contributed by atoms with E-state index in [-0.39, 0.29) is 40.5 Å². The van der Waals surface area contributed by atoms with Crippen molar-refractivity contribution in [3.05, 3.63) is 45.8 Å². The summed E-state index contributed by atoms with van der Waals surface area (Å²) in [5, 5.41) is 3.01. The molecule has 0 aliphatic heterocycles. The maximum atomic E-state index is 12.5. The lowest BCUT2D eigenvalue weighted by Crippen LogP contribution is -2.16. The normalized spacial score (nSPS) is 10.6. The van der Waals surface area contributed by atoms with E-state index in [1.165, 1.54) is 0 Å². The summed E-state index contributed by atoms with van der Waals surface area (Å²) in [6, 6.07) is 7.11. The second kappa shape index (κ2) is 10.1. The van der Waals surface area contributed by atoms with Crippen molar-refractivity contribution in [2.24, 2.45) is 0 Å². The molecule has 7 nitrogen and oxygen atoms in total. The second-order valence-electron chi connectivity index (χ2n) is 6.51. The van der Waals surface area contributed by atoms with E-state index in [4.69, 9.17) is 14.2 Å². The first-order valence-electron chi connectivity index (χ1n) is 9.21. The molecule has 1 aromatic carbocycles. The van der Waals surface area contributed by atoms with E-state index in [0.29, 0.717) is 11.3 Å². The first-order chi connectivity index (χ1) is 13.8. The molecule has 0 radical (unpaired) electrons. The van der Waals surface area contributed by atoms with Gasteiger partial charge in [-0.2, -0.15) is 0 Å². The molecule has 2 aromatic rings. The number of thiophene rings is 1. The Bertz CT molecular complexity index is 885. The van der Waals surface area contributed by atoms with Crippen molar-refractivity contribution in [2.45, 2.75) is 40.2 Å². The monoisotopic (exact) mass is 419 g/mol. The van der Waals surface area contributed by atoms with Crippen LogP contribution in [0.15, 0.2) is 24.3 Å². The fourth-order valence-corrected chi connectivity index (χ4v) is 3.71. The molecule has 0 saturated carbocycles. The van der Waals surface area contributed by atoms with Crippen LogP contribution in [0.4, 0.5) is 5.00 Å². The Hall–Kier alpha value is -2.87. The van der Waals surface area contributed by atoms with Gasteiger partial charge in [0.25, 0.3) is 0 Å². The van der Waals surface area contributed by atoms with Crippen molar-refractivity contribution >= 4 is 34.2 Å². The molecule has 0 unspecified atom stereocenters. The number of hydrogen-bond acceptors (Lipinski definition) is 7. The molecule has 0 aliphatic carbocycles. The minimum Gasteiger partial charge on any atom is -0.497 e.